The van der Waals surface area contributed by atoms with Gasteiger partial charge in [-0.05, 0) is 55.7 Å². The third kappa shape index (κ3) is 4.20. The molecule has 0 atom stereocenters. The highest BCUT2D eigenvalue weighted by molar-refractivity contribution is 7.90. The van der Waals surface area contributed by atoms with Gasteiger partial charge < -0.3 is 10.2 Å². The Morgan fingerprint density at radius 2 is 1.79 bits per heavy atom. The molecule has 28 heavy (non-hydrogen) atoms. The van der Waals surface area contributed by atoms with Gasteiger partial charge in [0.2, 0.25) is 0 Å². The van der Waals surface area contributed by atoms with Gasteiger partial charge in [0.05, 0.1) is 9.92 Å². The van der Waals surface area contributed by atoms with Crippen LogP contribution < -0.4 is 5.32 Å². The first-order valence-corrected chi connectivity index (χ1v) is 11.2. The molecule has 3 rings (SSSR count). The van der Waals surface area contributed by atoms with E-state index >= 15 is 0 Å². The number of anilines is 1. The number of hydrogen-bond acceptors (Lipinski definition) is 4. The van der Waals surface area contributed by atoms with Crippen LogP contribution in [0.15, 0.2) is 41.3 Å². The van der Waals surface area contributed by atoms with E-state index in [2.05, 4.69) is 5.32 Å². The molecule has 148 valence electrons. The molecule has 0 unspecified atom stereocenters. The van der Waals surface area contributed by atoms with Gasteiger partial charge in [-0.25, -0.2) is 8.42 Å². The van der Waals surface area contributed by atoms with E-state index in [1.165, 1.54) is 18.2 Å². The van der Waals surface area contributed by atoms with Crippen LogP contribution in [0.5, 0.6) is 0 Å². The molecule has 0 bridgehead atoms. The molecule has 2 amide bonds. The van der Waals surface area contributed by atoms with Crippen molar-refractivity contribution in [2.75, 3.05) is 24.7 Å². The monoisotopic (exact) mass is 420 g/mol. The normalized spacial score (nSPS) is 14.2. The van der Waals surface area contributed by atoms with Crippen molar-refractivity contribution in [1.29, 1.82) is 0 Å². The van der Waals surface area contributed by atoms with Crippen LogP contribution in [0.2, 0.25) is 5.02 Å². The molecule has 1 aliphatic rings. The number of nitrogens with one attached hydrogen (secondary N) is 1. The lowest BCUT2D eigenvalue weighted by Gasteiger charge is -2.18. The lowest BCUT2D eigenvalue weighted by atomic mass is 10.0. The van der Waals surface area contributed by atoms with Gasteiger partial charge in [-0.2, -0.15) is 0 Å². The Morgan fingerprint density at radius 1 is 1.11 bits per heavy atom. The van der Waals surface area contributed by atoms with Crippen LogP contribution in [-0.2, 0) is 9.84 Å². The number of sulfone groups is 1. The Labute approximate surface area is 169 Å². The molecule has 1 saturated heterocycles. The second kappa shape index (κ2) is 7.93. The second-order valence-electron chi connectivity index (χ2n) is 6.85. The summed E-state index contributed by atoms with van der Waals surface area (Å²) in [4.78, 5) is 27.1. The van der Waals surface area contributed by atoms with Crippen LogP contribution in [0, 0.1) is 6.92 Å². The molecule has 0 spiro atoms. The molecule has 2 aromatic carbocycles. The third-order valence-corrected chi connectivity index (χ3v) is 6.38. The number of benzene rings is 2. The maximum atomic E-state index is 12.7. The number of carbonyl (C=O) groups excluding carboxylic acids is 2. The molecule has 0 saturated carbocycles. The quantitative estimate of drug-likeness (QED) is 0.819. The van der Waals surface area contributed by atoms with Crippen molar-refractivity contribution < 1.29 is 18.0 Å². The van der Waals surface area contributed by atoms with Crippen molar-refractivity contribution in [3.63, 3.8) is 0 Å². The Kier molecular flexibility index (Phi) is 5.76. The zero-order valence-corrected chi connectivity index (χ0v) is 17.2. The van der Waals surface area contributed by atoms with Crippen LogP contribution in [0.3, 0.4) is 0 Å². The minimum Gasteiger partial charge on any atom is -0.339 e. The molecule has 0 radical (unpaired) electrons. The van der Waals surface area contributed by atoms with Crippen LogP contribution >= 0.6 is 11.6 Å². The predicted molar refractivity (Wildman–Crippen MR) is 109 cm³/mol. The van der Waals surface area contributed by atoms with E-state index in [0.29, 0.717) is 16.8 Å². The molecule has 1 heterocycles. The van der Waals surface area contributed by atoms with Gasteiger partial charge >= 0.3 is 0 Å². The van der Waals surface area contributed by atoms with Crippen LogP contribution in [-0.4, -0.2) is 44.5 Å². The van der Waals surface area contributed by atoms with E-state index in [1.807, 2.05) is 4.90 Å². The summed E-state index contributed by atoms with van der Waals surface area (Å²) < 4.78 is 23.7. The SMILES string of the molecule is Cc1c(NC(=O)c2ccc(Cl)c(S(C)(=O)=O)c2)cccc1C(=O)N1CCCC1. The van der Waals surface area contributed by atoms with E-state index in [1.54, 1.807) is 25.1 Å². The molecule has 6 nitrogen and oxygen atoms in total. The lowest BCUT2D eigenvalue weighted by Crippen LogP contribution is -2.28. The molecule has 0 aromatic heterocycles. The maximum absolute atomic E-state index is 12.7. The summed E-state index contributed by atoms with van der Waals surface area (Å²) in [6.45, 7) is 3.27. The Morgan fingerprint density at radius 3 is 2.43 bits per heavy atom. The van der Waals surface area contributed by atoms with Gasteiger partial charge in [0.15, 0.2) is 9.84 Å². The summed E-state index contributed by atoms with van der Waals surface area (Å²) in [7, 11) is -3.56. The van der Waals surface area contributed by atoms with Gasteiger partial charge in [0.1, 0.15) is 0 Å². The summed E-state index contributed by atoms with van der Waals surface area (Å²) in [6.07, 6.45) is 3.04. The minimum atomic E-state index is -3.56. The Balaban J connectivity index is 1.87. The number of nitrogens with zero attached hydrogens (tertiary/aromatic N) is 1. The molecule has 1 N–H and O–H groups in total. The first-order valence-electron chi connectivity index (χ1n) is 8.88. The molecule has 0 aliphatic carbocycles. The number of amides is 2. The highest BCUT2D eigenvalue weighted by atomic mass is 35.5. The number of carbonyl (C=O) groups is 2. The van der Waals surface area contributed by atoms with E-state index in [4.69, 9.17) is 11.6 Å². The fourth-order valence-corrected chi connectivity index (χ4v) is 4.52. The van der Waals surface area contributed by atoms with Gasteiger partial charge in [0.25, 0.3) is 11.8 Å². The lowest BCUT2D eigenvalue weighted by molar-refractivity contribution is 0.0791. The average molecular weight is 421 g/mol. The summed E-state index contributed by atoms with van der Waals surface area (Å²) in [5.41, 5.74) is 1.89. The Bertz CT molecular complexity index is 1040. The summed E-state index contributed by atoms with van der Waals surface area (Å²) in [5, 5.41) is 2.83. The predicted octanol–water partition coefficient (Wildman–Crippen LogP) is 3.54. The van der Waals surface area contributed by atoms with E-state index in [0.717, 1.165) is 32.2 Å². The van der Waals surface area contributed by atoms with Crippen molar-refractivity contribution in [3.8, 4) is 0 Å². The van der Waals surface area contributed by atoms with Gasteiger partial charge in [-0.15, -0.1) is 0 Å². The van der Waals surface area contributed by atoms with Crippen molar-refractivity contribution in [2.45, 2.75) is 24.7 Å². The molecular weight excluding hydrogens is 400 g/mol. The fourth-order valence-electron chi connectivity index (χ4n) is 3.22. The number of halogens is 1. The maximum Gasteiger partial charge on any atom is 0.255 e. The summed E-state index contributed by atoms with van der Waals surface area (Å²) >= 11 is 5.94. The van der Waals surface area contributed by atoms with Crippen LogP contribution in [0.4, 0.5) is 5.69 Å². The number of likely N-dealkylation sites (tertiary alicyclic amines) is 1. The number of rotatable bonds is 4. The topological polar surface area (TPSA) is 83.5 Å². The van der Waals surface area contributed by atoms with Gasteiger partial charge in [-0.3, -0.25) is 9.59 Å². The van der Waals surface area contributed by atoms with Crippen LogP contribution in [0.1, 0.15) is 39.1 Å². The second-order valence-corrected chi connectivity index (χ2v) is 9.24. The molecule has 2 aromatic rings. The van der Waals surface area contributed by atoms with E-state index in [-0.39, 0.29) is 21.4 Å². The Hall–Kier alpha value is -2.38. The minimum absolute atomic E-state index is 0.0445. The highest BCUT2D eigenvalue weighted by Gasteiger charge is 2.22. The van der Waals surface area contributed by atoms with Crippen molar-refractivity contribution >= 4 is 38.9 Å². The van der Waals surface area contributed by atoms with Gasteiger partial charge in [0, 0.05) is 36.2 Å². The molecule has 8 heteroatoms. The standard InChI is InChI=1S/C20H21ClN2O4S/c1-13-15(20(25)23-10-3-4-11-23)6-5-7-17(13)22-19(24)14-8-9-16(21)18(12-14)28(2,26)27/h5-9,12H,3-4,10-11H2,1-2H3,(H,22,24). The molecule has 1 aliphatic heterocycles. The first kappa shape index (κ1) is 20.4. The van der Waals surface area contributed by atoms with E-state index in [9.17, 15) is 18.0 Å². The van der Waals surface area contributed by atoms with Crippen molar-refractivity contribution in [2.24, 2.45) is 0 Å². The molecule has 1 fully saturated rings. The highest BCUT2D eigenvalue weighted by Crippen LogP contribution is 2.25. The zero-order chi connectivity index (χ0) is 20.5. The van der Waals surface area contributed by atoms with Gasteiger partial charge in [-0.1, -0.05) is 17.7 Å². The average Bonchev–Trinajstić information content (AvgIpc) is 3.17. The first-order chi connectivity index (χ1) is 13.2. The van der Waals surface area contributed by atoms with Crippen molar-refractivity contribution in [1.82, 2.24) is 4.90 Å². The molecular formula is C20H21ClN2O4S. The smallest absolute Gasteiger partial charge is 0.255 e. The zero-order valence-electron chi connectivity index (χ0n) is 15.7. The summed E-state index contributed by atoms with van der Waals surface area (Å²) in [5.74, 6) is -0.521. The van der Waals surface area contributed by atoms with Crippen molar-refractivity contribution in [3.05, 3.63) is 58.1 Å². The van der Waals surface area contributed by atoms with E-state index < -0.39 is 15.7 Å². The fraction of sp³-hybridized carbons (Fsp3) is 0.300. The third-order valence-electron chi connectivity index (χ3n) is 4.80. The number of hydrogen-bond donors (Lipinski definition) is 1. The summed E-state index contributed by atoms with van der Waals surface area (Å²) in [6, 6.07) is 9.27. The largest absolute Gasteiger partial charge is 0.339 e. The van der Waals surface area contributed by atoms with Crippen LogP contribution in [0.25, 0.3) is 0 Å².